The van der Waals surface area contributed by atoms with E-state index in [0.29, 0.717) is 12.1 Å². The number of para-hydroxylation sites is 1. The monoisotopic (exact) mass is 332 g/mol. The van der Waals surface area contributed by atoms with Crippen molar-refractivity contribution in [3.05, 3.63) is 94.7 Å². The quantitative estimate of drug-likeness (QED) is 0.217. The van der Waals surface area contributed by atoms with Crippen molar-refractivity contribution >= 4 is 28.4 Å². The molecule has 0 bridgehead atoms. The third-order valence-corrected chi connectivity index (χ3v) is 3.90. The number of fused-ring (bicyclic) bond motifs is 1. The third kappa shape index (κ3) is 3.40. The van der Waals surface area contributed by atoms with E-state index >= 15 is 0 Å². The van der Waals surface area contributed by atoms with Crippen LogP contribution in [0.4, 0.5) is 5.69 Å². The molecule has 5 nitrogen and oxygen atoms in total. The van der Waals surface area contributed by atoms with Gasteiger partial charge in [-0.05, 0) is 18.2 Å². The highest BCUT2D eigenvalue weighted by Crippen LogP contribution is 2.23. The number of nitrogens with zero attached hydrogens (tertiary/aromatic N) is 2. The SMILES string of the molecule is C=CCn1cc(/C=C/C(=O)c2cccc([N+](=O)[O-])c2)c2ccccc21. The number of nitro benzene ring substituents is 1. The van der Waals surface area contributed by atoms with Crippen LogP contribution in [0.25, 0.3) is 17.0 Å². The van der Waals surface area contributed by atoms with Crippen molar-refractivity contribution in [2.24, 2.45) is 0 Å². The van der Waals surface area contributed by atoms with E-state index < -0.39 is 4.92 Å². The Bertz CT molecular complexity index is 999. The second kappa shape index (κ2) is 6.97. The number of rotatable bonds is 6. The van der Waals surface area contributed by atoms with Gasteiger partial charge in [-0.15, -0.1) is 6.58 Å². The fourth-order valence-corrected chi connectivity index (χ4v) is 2.73. The molecule has 0 aliphatic heterocycles. The molecule has 0 amide bonds. The molecule has 3 aromatic rings. The largest absolute Gasteiger partial charge is 0.343 e. The molecule has 1 heterocycles. The van der Waals surface area contributed by atoms with E-state index in [0.717, 1.165) is 16.5 Å². The summed E-state index contributed by atoms with van der Waals surface area (Å²) in [5.74, 6) is -0.274. The first-order valence-corrected chi connectivity index (χ1v) is 7.76. The summed E-state index contributed by atoms with van der Waals surface area (Å²) >= 11 is 0. The smallest absolute Gasteiger partial charge is 0.270 e. The van der Waals surface area contributed by atoms with E-state index in [-0.39, 0.29) is 11.5 Å². The summed E-state index contributed by atoms with van der Waals surface area (Å²) in [6, 6.07) is 13.6. The fraction of sp³-hybridized carbons (Fsp3) is 0.0500. The lowest BCUT2D eigenvalue weighted by Gasteiger charge is -1.98. The zero-order chi connectivity index (χ0) is 17.8. The van der Waals surface area contributed by atoms with Crippen molar-refractivity contribution in [3.8, 4) is 0 Å². The molecule has 0 fully saturated rings. The van der Waals surface area contributed by atoms with Gasteiger partial charge in [-0.2, -0.15) is 0 Å². The second-order valence-electron chi connectivity index (χ2n) is 5.55. The first-order valence-electron chi connectivity index (χ1n) is 7.76. The molecule has 0 aliphatic carbocycles. The number of aromatic nitrogens is 1. The van der Waals surface area contributed by atoms with Crippen molar-refractivity contribution < 1.29 is 9.72 Å². The van der Waals surface area contributed by atoms with Gasteiger partial charge in [0, 0.05) is 46.9 Å². The lowest BCUT2D eigenvalue weighted by atomic mass is 10.1. The van der Waals surface area contributed by atoms with Crippen molar-refractivity contribution in [3.63, 3.8) is 0 Å². The number of hydrogen-bond acceptors (Lipinski definition) is 3. The lowest BCUT2D eigenvalue weighted by Crippen LogP contribution is -1.96. The fourth-order valence-electron chi connectivity index (χ4n) is 2.73. The zero-order valence-electron chi connectivity index (χ0n) is 13.5. The molecule has 0 spiro atoms. The summed E-state index contributed by atoms with van der Waals surface area (Å²) in [5.41, 5.74) is 2.17. The van der Waals surface area contributed by atoms with Gasteiger partial charge in [-0.25, -0.2) is 0 Å². The van der Waals surface area contributed by atoms with Gasteiger partial charge in [-0.3, -0.25) is 14.9 Å². The van der Waals surface area contributed by atoms with Gasteiger partial charge in [0.05, 0.1) is 4.92 Å². The van der Waals surface area contributed by atoms with Gasteiger partial charge in [0.25, 0.3) is 5.69 Å². The maximum absolute atomic E-state index is 12.3. The zero-order valence-corrected chi connectivity index (χ0v) is 13.5. The number of benzene rings is 2. The van der Waals surface area contributed by atoms with Gasteiger partial charge in [0.15, 0.2) is 5.78 Å². The van der Waals surface area contributed by atoms with E-state index in [1.165, 1.54) is 24.3 Å². The van der Waals surface area contributed by atoms with Crippen LogP contribution in [0.2, 0.25) is 0 Å². The van der Waals surface area contributed by atoms with Crippen LogP contribution >= 0.6 is 0 Å². The molecular weight excluding hydrogens is 316 g/mol. The Hall–Kier alpha value is -3.47. The maximum atomic E-state index is 12.3. The predicted molar refractivity (Wildman–Crippen MR) is 98.6 cm³/mol. The maximum Gasteiger partial charge on any atom is 0.270 e. The Balaban J connectivity index is 1.93. The predicted octanol–water partition coefficient (Wildman–Crippen LogP) is 4.63. The summed E-state index contributed by atoms with van der Waals surface area (Å²) in [4.78, 5) is 22.6. The molecule has 0 atom stereocenters. The van der Waals surface area contributed by atoms with Crippen LogP contribution in [0.15, 0.2) is 73.5 Å². The van der Waals surface area contributed by atoms with E-state index in [9.17, 15) is 14.9 Å². The number of nitro groups is 1. The molecule has 0 N–H and O–H groups in total. The first-order chi connectivity index (χ1) is 12.1. The minimum atomic E-state index is -0.511. The average Bonchev–Trinajstić information content (AvgIpc) is 2.98. The van der Waals surface area contributed by atoms with Crippen molar-refractivity contribution in [1.82, 2.24) is 4.57 Å². The highest BCUT2D eigenvalue weighted by atomic mass is 16.6. The Labute approximate surface area is 144 Å². The van der Waals surface area contributed by atoms with E-state index in [1.54, 1.807) is 12.1 Å². The number of ketones is 1. The summed E-state index contributed by atoms with van der Waals surface area (Å²) in [6.45, 7) is 4.43. The molecule has 0 saturated heterocycles. The Morgan fingerprint density at radius 1 is 1.20 bits per heavy atom. The lowest BCUT2D eigenvalue weighted by molar-refractivity contribution is -0.384. The average molecular weight is 332 g/mol. The molecule has 5 heteroatoms. The van der Waals surface area contributed by atoms with Crippen LogP contribution in [-0.4, -0.2) is 15.3 Å². The molecule has 0 saturated carbocycles. The van der Waals surface area contributed by atoms with Crippen LogP contribution in [0.3, 0.4) is 0 Å². The molecular formula is C20H16N2O3. The van der Waals surface area contributed by atoms with E-state index in [2.05, 4.69) is 11.1 Å². The number of carbonyl (C=O) groups is 1. The van der Waals surface area contributed by atoms with E-state index in [1.807, 2.05) is 36.5 Å². The van der Waals surface area contributed by atoms with Crippen molar-refractivity contribution in [1.29, 1.82) is 0 Å². The van der Waals surface area contributed by atoms with Gasteiger partial charge in [-0.1, -0.05) is 36.4 Å². The topological polar surface area (TPSA) is 65.1 Å². The minimum Gasteiger partial charge on any atom is -0.343 e. The number of hydrogen-bond donors (Lipinski definition) is 0. The minimum absolute atomic E-state index is 0.0955. The highest BCUT2D eigenvalue weighted by molar-refractivity contribution is 6.08. The molecule has 3 rings (SSSR count). The van der Waals surface area contributed by atoms with Crippen LogP contribution in [0, 0.1) is 10.1 Å². The van der Waals surface area contributed by atoms with Crippen LogP contribution in [-0.2, 0) is 6.54 Å². The Kier molecular flexibility index (Phi) is 4.57. The highest BCUT2D eigenvalue weighted by Gasteiger charge is 2.10. The molecule has 124 valence electrons. The van der Waals surface area contributed by atoms with E-state index in [4.69, 9.17) is 0 Å². The van der Waals surface area contributed by atoms with Gasteiger partial charge >= 0.3 is 0 Å². The Morgan fingerprint density at radius 2 is 2.00 bits per heavy atom. The Morgan fingerprint density at radius 3 is 2.76 bits per heavy atom. The molecule has 2 aromatic carbocycles. The van der Waals surface area contributed by atoms with Crippen LogP contribution in [0.5, 0.6) is 0 Å². The summed E-state index contributed by atoms with van der Waals surface area (Å²) < 4.78 is 2.06. The summed E-state index contributed by atoms with van der Waals surface area (Å²) in [6.07, 6.45) is 6.96. The van der Waals surface area contributed by atoms with Gasteiger partial charge in [0.2, 0.25) is 0 Å². The molecule has 0 unspecified atom stereocenters. The molecule has 0 aliphatic rings. The number of carbonyl (C=O) groups excluding carboxylic acids is 1. The van der Waals surface area contributed by atoms with Crippen molar-refractivity contribution in [2.45, 2.75) is 6.54 Å². The third-order valence-electron chi connectivity index (χ3n) is 3.90. The molecule has 25 heavy (non-hydrogen) atoms. The van der Waals surface area contributed by atoms with Gasteiger partial charge in [0.1, 0.15) is 0 Å². The first kappa shape index (κ1) is 16.4. The number of allylic oxidation sites excluding steroid dienone is 2. The standard InChI is InChI=1S/C20H16N2O3/c1-2-12-21-14-16(18-8-3-4-9-19(18)21)10-11-20(23)15-6-5-7-17(13-15)22(24)25/h2-11,13-14H,1,12H2/b11-10+. The van der Waals surface area contributed by atoms with Crippen molar-refractivity contribution in [2.75, 3.05) is 0 Å². The summed E-state index contributed by atoms with van der Waals surface area (Å²) in [5, 5.41) is 11.9. The normalized spacial score (nSPS) is 11.0. The summed E-state index contributed by atoms with van der Waals surface area (Å²) in [7, 11) is 0. The second-order valence-corrected chi connectivity index (χ2v) is 5.55. The van der Waals surface area contributed by atoms with Gasteiger partial charge < -0.3 is 4.57 Å². The van der Waals surface area contributed by atoms with Crippen LogP contribution in [0.1, 0.15) is 15.9 Å². The van der Waals surface area contributed by atoms with Crippen LogP contribution < -0.4 is 0 Å². The number of non-ortho nitro benzene ring substituents is 1. The molecule has 0 radical (unpaired) electrons. The molecule has 1 aromatic heterocycles.